The Labute approximate surface area is 217 Å². The van der Waals surface area contributed by atoms with E-state index in [4.69, 9.17) is 14.6 Å². The van der Waals surface area contributed by atoms with Gasteiger partial charge in [0.2, 0.25) is 0 Å². The molecule has 0 bridgehead atoms. The number of anilines is 1. The van der Waals surface area contributed by atoms with Gasteiger partial charge in [0.25, 0.3) is 17.8 Å². The Kier molecular flexibility index (Phi) is 6.46. The lowest BCUT2D eigenvalue weighted by Crippen LogP contribution is -2.71. The summed E-state index contributed by atoms with van der Waals surface area (Å²) in [7, 11) is 1.29. The lowest BCUT2D eigenvalue weighted by molar-refractivity contribution is -0.669. The van der Waals surface area contributed by atoms with Gasteiger partial charge in [0.1, 0.15) is 29.1 Å². The molecule has 3 amide bonds. The van der Waals surface area contributed by atoms with Crippen LogP contribution in [0.4, 0.5) is 10.8 Å². The summed E-state index contributed by atoms with van der Waals surface area (Å²) in [6, 6.07) is 4.14. The van der Waals surface area contributed by atoms with Crippen LogP contribution in [0.5, 0.6) is 0 Å². The molecule has 1 saturated heterocycles. The highest BCUT2D eigenvalue weighted by Crippen LogP contribution is 2.40. The van der Waals surface area contributed by atoms with E-state index in [0.717, 1.165) is 16.5 Å². The van der Waals surface area contributed by atoms with Gasteiger partial charge < -0.3 is 30.3 Å². The quantitative estimate of drug-likeness (QED) is 0.101. The Morgan fingerprint density at radius 3 is 2.89 bits per heavy atom. The van der Waals surface area contributed by atoms with E-state index >= 15 is 0 Å². The van der Waals surface area contributed by atoms with Crippen LogP contribution in [0.15, 0.2) is 62.2 Å². The average Bonchev–Trinajstić information content (AvgIpc) is 3.56. The number of nitrogen functional groups attached to an aromatic ring is 1. The van der Waals surface area contributed by atoms with Gasteiger partial charge in [-0.05, 0) is 12.1 Å². The molecule has 2 atom stereocenters. The molecule has 0 aromatic carbocycles. The predicted octanol–water partition coefficient (Wildman–Crippen LogP) is -0.211. The lowest BCUT2D eigenvalue weighted by atomic mass is 10.0. The fourth-order valence-electron chi connectivity index (χ4n) is 4.07. The molecular formula is C22H20N7O8S+. The van der Waals surface area contributed by atoms with Crippen molar-refractivity contribution in [3.8, 4) is 0 Å². The van der Waals surface area contributed by atoms with E-state index in [1.807, 2.05) is 12.1 Å². The highest BCUT2D eigenvalue weighted by Gasteiger charge is 2.55. The molecule has 15 nitrogen and oxygen atoms in total. The number of fused-ring (bicyclic) bond motifs is 2. The summed E-state index contributed by atoms with van der Waals surface area (Å²) in [5, 5.41) is 18.3. The maximum Gasteiger partial charge on any atom is 0.433 e. The number of pyridine rings is 1. The number of oxazole rings is 1. The second-order valence-electron chi connectivity index (χ2n) is 8.08. The van der Waals surface area contributed by atoms with Gasteiger partial charge in [-0.2, -0.15) is 9.55 Å². The van der Waals surface area contributed by atoms with Gasteiger partial charge in [0, 0.05) is 24.4 Å². The summed E-state index contributed by atoms with van der Waals surface area (Å²) in [5.41, 5.74) is 5.77. The van der Waals surface area contributed by atoms with Crippen LogP contribution in [-0.2, 0) is 25.8 Å². The summed E-state index contributed by atoms with van der Waals surface area (Å²) in [5.74, 6) is -2.52. The molecule has 1 fully saturated rings. The Morgan fingerprint density at radius 2 is 2.18 bits per heavy atom. The monoisotopic (exact) mass is 542 g/mol. The van der Waals surface area contributed by atoms with E-state index in [2.05, 4.69) is 25.6 Å². The van der Waals surface area contributed by atoms with Crippen molar-refractivity contribution in [3.05, 3.63) is 53.9 Å². The molecule has 0 radical (unpaired) electrons. The summed E-state index contributed by atoms with van der Waals surface area (Å²) in [6.07, 6.45) is 3.37. The van der Waals surface area contributed by atoms with Crippen LogP contribution < -0.4 is 20.9 Å². The first-order valence-electron chi connectivity index (χ1n) is 11.0. The first-order valence-corrected chi connectivity index (χ1v) is 12.1. The van der Waals surface area contributed by atoms with Gasteiger partial charge in [-0.25, -0.2) is 9.59 Å². The Bertz CT molecular complexity index is 1530. The number of hydrogen-bond donors (Lipinski definition) is 4. The molecular weight excluding hydrogens is 522 g/mol. The van der Waals surface area contributed by atoms with Gasteiger partial charge in [0.05, 0.1) is 11.6 Å². The van der Waals surface area contributed by atoms with Crippen molar-refractivity contribution in [2.75, 3.05) is 18.5 Å². The molecule has 2 aliphatic rings. The van der Waals surface area contributed by atoms with E-state index in [1.165, 1.54) is 25.1 Å². The third kappa shape index (κ3) is 4.40. The molecule has 3 aromatic rings. The number of carboxylic acids is 1. The van der Waals surface area contributed by atoms with E-state index in [1.54, 1.807) is 16.8 Å². The lowest BCUT2D eigenvalue weighted by Gasteiger charge is -2.49. The number of nitrogens with one attached hydrogen (secondary N) is 2. The van der Waals surface area contributed by atoms with Crippen LogP contribution in [0.25, 0.3) is 11.1 Å². The minimum atomic E-state index is -1.27. The second kappa shape index (κ2) is 9.89. The molecule has 0 saturated carbocycles. The molecule has 0 spiro atoms. The third-order valence-electron chi connectivity index (χ3n) is 5.78. The molecule has 5 heterocycles. The van der Waals surface area contributed by atoms with Crippen molar-refractivity contribution in [1.29, 1.82) is 0 Å². The van der Waals surface area contributed by atoms with Gasteiger partial charge in [-0.3, -0.25) is 19.3 Å². The summed E-state index contributed by atoms with van der Waals surface area (Å²) < 4.78 is 12.2. The topological polar surface area (TPSA) is 206 Å². The number of carbonyl (C=O) groups is 4. The minimum absolute atomic E-state index is 0.138. The number of furan rings is 1. The maximum absolute atomic E-state index is 13.1. The van der Waals surface area contributed by atoms with Crippen molar-refractivity contribution < 1.29 is 42.5 Å². The number of β-lactam (4-membered cyclic amide) rings is 1. The third-order valence-corrected chi connectivity index (χ3v) is 7.12. The number of aliphatic carboxylic acids is 1. The summed E-state index contributed by atoms with van der Waals surface area (Å²) >= 11 is 1.29. The number of nitrogens with zero attached hydrogens (tertiary/aromatic N) is 4. The van der Waals surface area contributed by atoms with Crippen molar-refractivity contribution in [3.63, 3.8) is 0 Å². The number of oxime groups is 1. The first-order chi connectivity index (χ1) is 18.3. The van der Waals surface area contributed by atoms with Crippen molar-refractivity contribution >= 4 is 58.5 Å². The highest BCUT2D eigenvalue weighted by atomic mass is 32.2. The van der Waals surface area contributed by atoms with Crippen LogP contribution in [0, 0.1) is 0 Å². The van der Waals surface area contributed by atoms with Crippen molar-refractivity contribution in [2.45, 2.75) is 18.0 Å². The number of aromatic nitrogens is 2. The Morgan fingerprint density at radius 1 is 1.37 bits per heavy atom. The SMILES string of the molecule is CNC(=O)O/N=C(/C(=O)NC1C(=O)N2C(C(=O)O)=C(C[n+]3cccc4ccoc43)CS[C@H]12)c1coc(N)n1. The standard InChI is InChI=1S/C22H19N7O8S/c1-24-22(34)37-27-13(12-8-36-21(23)25-12)16(30)26-14-17(31)29-15(20(32)33)11(9-38-19(14)29)7-28-5-2-3-10-4-6-35-18(10)28/h2-6,8,14,19H,7,9H2,1H3,(H4-,23,24,25,26,30,32,33,34)/p+1/b27-13+/t14?,19-/m1/s1. The number of nitrogens with two attached hydrogens (primary N) is 1. The molecule has 38 heavy (non-hydrogen) atoms. The minimum Gasteiger partial charge on any atom is -0.477 e. The smallest absolute Gasteiger partial charge is 0.433 e. The number of amides is 3. The fraction of sp³-hybridized carbons (Fsp3) is 0.227. The van der Waals surface area contributed by atoms with Crippen LogP contribution in [-0.4, -0.2) is 68.8 Å². The van der Waals surface area contributed by atoms with Crippen LogP contribution in [0.1, 0.15) is 5.69 Å². The molecule has 3 aromatic heterocycles. The number of rotatable bonds is 7. The number of carbonyl (C=O) groups excluding carboxylic acids is 3. The normalized spacial score (nSPS) is 19.1. The molecule has 16 heteroatoms. The van der Waals surface area contributed by atoms with Crippen molar-refractivity contribution in [1.82, 2.24) is 20.5 Å². The summed E-state index contributed by atoms with van der Waals surface area (Å²) in [4.78, 5) is 59.3. The molecule has 5 rings (SSSR count). The zero-order valence-corrected chi connectivity index (χ0v) is 20.4. The number of thioether (sulfide) groups is 1. The van der Waals surface area contributed by atoms with Crippen LogP contribution >= 0.6 is 11.8 Å². The van der Waals surface area contributed by atoms with E-state index in [0.29, 0.717) is 11.3 Å². The molecule has 196 valence electrons. The average molecular weight is 543 g/mol. The predicted molar refractivity (Wildman–Crippen MR) is 129 cm³/mol. The Balaban J connectivity index is 1.37. The molecule has 2 aliphatic heterocycles. The molecule has 5 N–H and O–H groups in total. The molecule has 0 aliphatic carbocycles. The zero-order valence-electron chi connectivity index (χ0n) is 19.6. The largest absolute Gasteiger partial charge is 0.477 e. The van der Waals surface area contributed by atoms with E-state index in [-0.39, 0.29) is 29.7 Å². The van der Waals surface area contributed by atoms with E-state index < -0.39 is 41.0 Å². The number of carboxylic acid groups (broad SMARTS) is 1. The Hall–Kier alpha value is -4.86. The maximum atomic E-state index is 13.1. The second-order valence-corrected chi connectivity index (χ2v) is 9.18. The highest BCUT2D eigenvalue weighted by molar-refractivity contribution is 8.00. The number of hydrogen-bond acceptors (Lipinski definition) is 11. The van der Waals surface area contributed by atoms with Crippen LogP contribution in [0.3, 0.4) is 0 Å². The van der Waals surface area contributed by atoms with Gasteiger partial charge in [-0.1, -0.05) is 5.16 Å². The van der Waals surface area contributed by atoms with Crippen LogP contribution in [0.2, 0.25) is 0 Å². The van der Waals surface area contributed by atoms with E-state index in [9.17, 15) is 24.3 Å². The van der Waals surface area contributed by atoms with Gasteiger partial charge in [-0.15, -0.1) is 11.8 Å². The molecule has 1 unspecified atom stereocenters. The van der Waals surface area contributed by atoms with Crippen molar-refractivity contribution in [2.24, 2.45) is 5.16 Å². The first kappa shape index (κ1) is 24.8. The fourth-order valence-corrected chi connectivity index (χ4v) is 5.40. The summed E-state index contributed by atoms with van der Waals surface area (Å²) in [6.45, 7) is 0.189. The van der Waals surface area contributed by atoms with Gasteiger partial charge in [0.15, 0.2) is 18.5 Å². The zero-order chi connectivity index (χ0) is 27.0. The van der Waals surface area contributed by atoms with Gasteiger partial charge >= 0.3 is 17.8 Å².